The van der Waals surface area contributed by atoms with Crippen molar-refractivity contribution < 1.29 is 4.79 Å². The van der Waals surface area contributed by atoms with E-state index in [0.717, 1.165) is 25.7 Å². The molecule has 0 unspecified atom stereocenters. The number of halogens is 1. The molecule has 0 aliphatic heterocycles. The Kier molecular flexibility index (Phi) is 5.47. The van der Waals surface area contributed by atoms with Crippen molar-refractivity contribution in [3.63, 3.8) is 0 Å². The number of hydrogen-bond acceptors (Lipinski definition) is 2. The minimum absolute atomic E-state index is 0. The van der Waals surface area contributed by atoms with Crippen LogP contribution in [0.1, 0.15) is 64.7 Å². The van der Waals surface area contributed by atoms with Crippen molar-refractivity contribution >= 4 is 18.3 Å². The molecule has 0 atom stereocenters. The molecule has 0 aromatic rings. The molecule has 0 aromatic carbocycles. The monoisotopic (exact) mass is 274 g/mol. The lowest BCUT2D eigenvalue weighted by atomic mass is 9.82. The number of amides is 1. The van der Waals surface area contributed by atoms with Gasteiger partial charge >= 0.3 is 0 Å². The number of hydrogen-bond donors (Lipinski definition) is 2. The Labute approximate surface area is 117 Å². The molecular formula is C14H27ClN2O. The first-order valence-electron chi connectivity index (χ1n) is 7.11. The van der Waals surface area contributed by atoms with Crippen molar-refractivity contribution in [3.05, 3.63) is 0 Å². The molecule has 0 radical (unpaired) electrons. The second-order valence-electron chi connectivity index (χ2n) is 6.37. The number of nitrogens with one attached hydrogen (secondary N) is 1. The van der Waals surface area contributed by atoms with Crippen LogP contribution >= 0.6 is 12.4 Å². The Balaban J connectivity index is 0.00000162. The summed E-state index contributed by atoms with van der Waals surface area (Å²) in [5.74, 6) is 0.227. The summed E-state index contributed by atoms with van der Waals surface area (Å²) in [7, 11) is 0. The van der Waals surface area contributed by atoms with Crippen LogP contribution in [0.25, 0.3) is 0 Å². The fourth-order valence-corrected chi connectivity index (χ4v) is 3.28. The molecule has 3 nitrogen and oxygen atoms in total. The van der Waals surface area contributed by atoms with Crippen LogP contribution in [0.15, 0.2) is 0 Å². The Morgan fingerprint density at radius 3 is 2.11 bits per heavy atom. The molecular weight excluding hydrogens is 248 g/mol. The Hall–Kier alpha value is -0.280. The van der Waals surface area contributed by atoms with Crippen LogP contribution in [-0.4, -0.2) is 18.0 Å². The fraction of sp³-hybridized carbons (Fsp3) is 0.929. The molecule has 2 aliphatic carbocycles. The van der Waals surface area contributed by atoms with Crippen LogP contribution in [0.4, 0.5) is 0 Å². The molecule has 0 bridgehead atoms. The topological polar surface area (TPSA) is 55.1 Å². The molecule has 0 saturated heterocycles. The first kappa shape index (κ1) is 15.8. The van der Waals surface area contributed by atoms with Gasteiger partial charge in [-0.25, -0.2) is 0 Å². The van der Waals surface area contributed by atoms with E-state index in [9.17, 15) is 4.79 Å². The summed E-state index contributed by atoms with van der Waals surface area (Å²) < 4.78 is 0. The SMILES string of the molecule is CC1(C(=O)NCC2(N)CCCCC2)CCCC1.Cl. The van der Waals surface area contributed by atoms with Gasteiger partial charge in [-0.15, -0.1) is 12.4 Å². The lowest BCUT2D eigenvalue weighted by molar-refractivity contribution is -0.130. The second-order valence-corrected chi connectivity index (χ2v) is 6.37. The summed E-state index contributed by atoms with van der Waals surface area (Å²) in [6, 6.07) is 0. The van der Waals surface area contributed by atoms with Crippen molar-refractivity contribution in [2.75, 3.05) is 6.54 Å². The molecule has 2 aliphatic rings. The first-order chi connectivity index (χ1) is 8.04. The van der Waals surface area contributed by atoms with E-state index in [1.54, 1.807) is 0 Å². The third kappa shape index (κ3) is 3.61. The van der Waals surface area contributed by atoms with Crippen molar-refractivity contribution in [1.29, 1.82) is 0 Å². The van der Waals surface area contributed by atoms with Crippen LogP contribution in [0.2, 0.25) is 0 Å². The summed E-state index contributed by atoms with van der Waals surface area (Å²) in [6.07, 6.45) is 10.3. The summed E-state index contributed by atoms with van der Waals surface area (Å²) in [5.41, 5.74) is 6.08. The Morgan fingerprint density at radius 2 is 1.56 bits per heavy atom. The van der Waals surface area contributed by atoms with Crippen molar-refractivity contribution in [2.24, 2.45) is 11.1 Å². The van der Waals surface area contributed by atoms with E-state index in [1.807, 2.05) is 0 Å². The van der Waals surface area contributed by atoms with Gasteiger partial charge in [0.15, 0.2) is 0 Å². The molecule has 4 heteroatoms. The molecule has 2 rings (SSSR count). The molecule has 106 valence electrons. The molecule has 2 fully saturated rings. The molecule has 0 aromatic heterocycles. The predicted molar refractivity (Wildman–Crippen MR) is 76.8 cm³/mol. The van der Waals surface area contributed by atoms with Crippen LogP contribution < -0.4 is 11.1 Å². The van der Waals surface area contributed by atoms with E-state index >= 15 is 0 Å². The van der Waals surface area contributed by atoms with Gasteiger partial charge < -0.3 is 11.1 Å². The average molecular weight is 275 g/mol. The standard InChI is InChI=1S/C14H26N2O.ClH/c1-13(7-5-6-8-13)12(17)16-11-14(15)9-3-2-4-10-14;/h2-11,15H2,1H3,(H,16,17);1H. The van der Waals surface area contributed by atoms with Gasteiger partial charge in [0.05, 0.1) is 0 Å². The van der Waals surface area contributed by atoms with Gasteiger partial charge in [-0.2, -0.15) is 0 Å². The second kappa shape index (κ2) is 6.25. The van der Waals surface area contributed by atoms with Crippen LogP contribution in [-0.2, 0) is 4.79 Å². The van der Waals surface area contributed by atoms with Gasteiger partial charge in [0.2, 0.25) is 5.91 Å². The highest BCUT2D eigenvalue weighted by Gasteiger charge is 2.37. The molecule has 0 heterocycles. The van der Waals surface area contributed by atoms with E-state index in [1.165, 1.54) is 32.1 Å². The fourth-order valence-electron chi connectivity index (χ4n) is 3.28. The van der Waals surface area contributed by atoms with Gasteiger partial charge in [0.1, 0.15) is 0 Å². The number of nitrogens with two attached hydrogens (primary N) is 1. The highest BCUT2D eigenvalue weighted by atomic mass is 35.5. The molecule has 1 amide bonds. The van der Waals surface area contributed by atoms with Crippen molar-refractivity contribution in [1.82, 2.24) is 5.32 Å². The molecule has 3 N–H and O–H groups in total. The lowest BCUT2D eigenvalue weighted by Gasteiger charge is -2.34. The largest absolute Gasteiger partial charge is 0.354 e. The zero-order chi connectivity index (χ0) is 12.4. The van der Waals surface area contributed by atoms with Gasteiger partial charge in [0, 0.05) is 17.5 Å². The number of carbonyl (C=O) groups excluding carboxylic acids is 1. The van der Waals surface area contributed by atoms with E-state index in [4.69, 9.17) is 5.73 Å². The minimum Gasteiger partial charge on any atom is -0.354 e. The van der Waals surface area contributed by atoms with E-state index < -0.39 is 0 Å². The third-order valence-electron chi connectivity index (χ3n) is 4.71. The smallest absolute Gasteiger partial charge is 0.226 e. The zero-order valence-electron chi connectivity index (χ0n) is 11.5. The number of carbonyl (C=O) groups is 1. The van der Waals surface area contributed by atoms with Gasteiger partial charge in [-0.05, 0) is 25.7 Å². The van der Waals surface area contributed by atoms with Crippen LogP contribution in [0.5, 0.6) is 0 Å². The first-order valence-corrected chi connectivity index (χ1v) is 7.11. The highest BCUT2D eigenvalue weighted by molar-refractivity contribution is 5.85. The zero-order valence-corrected chi connectivity index (χ0v) is 12.3. The lowest BCUT2D eigenvalue weighted by Crippen LogP contribution is -2.53. The number of rotatable bonds is 3. The van der Waals surface area contributed by atoms with Gasteiger partial charge in [-0.3, -0.25) is 4.79 Å². The van der Waals surface area contributed by atoms with Crippen molar-refractivity contribution in [2.45, 2.75) is 70.3 Å². The quantitative estimate of drug-likeness (QED) is 0.831. The maximum absolute atomic E-state index is 12.2. The molecule has 2 saturated carbocycles. The van der Waals surface area contributed by atoms with E-state index in [0.29, 0.717) is 6.54 Å². The maximum Gasteiger partial charge on any atom is 0.226 e. The highest BCUT2D eigenvalue weighted by Crippen LogP contribution is 2.37. The summed E-state index contributed by atoms with van der Waals surface area (Å²) >= 11 is 0. The van der Waals surface area contributed by atoms with Crippen LogP contribution in [0, 0.1) is 5.41 Å². The predicted octanol–water partition coefficient (Wildman–Crippen LogP) is 2.77. The minimum atomic E-state index is -0.136. The van der Waals surface area contributed by atoms with Crippen LogP contribution in [0.3, 0.4) is 0 Å². The van der Waals surface area contributed by atoms with Gasteiger partial charge in [0.25, 0.3) is 0 Å². The summed E-state index contributed by atoms with van der Waals surface area (Å²) in [5, 5.41) is 3.11. The van der Waals surface area contributed by atoms with Crippen molar-refractivity contribution in [3.8, 4) is 0 Å². The Morgan fingerprint density at radius 1 is 1.06 bits per heavy atom. The van der Waals surface area contributed by atoms with Gasteiger partial charge in [-0.1, -0.05) is 39.0 Å². The average Bonchev–Trinajstić information content (AvgIpc) is 2.75. The third-order valence-corrected chi connectivity index (χ3v) is 4.71. The maximum atomic E-state index is 12.2. The molecule has 0 spiro atoms. The molecule has 18 heavy (non-hydrogen) atoms. The summed E-state index contributed by atoms with van der Waals surface area (Å²) in [6.45, 7) is 2.76. The Bertz CT molecular complexity index is 282. The van der Waals surface area contributed by atoms with E-state index in [-0.39, 0.29) is 29.3 Å². The van der Waals surface area contributed by atoms with E-state index in [2.05, 4.69) is 12.2 Å². The summed E-state index contributed by atoms with van der Waals surface area (Å²) in [4.78, 5) is 12.2. The normalized spacial score (nSPS) is 25.2.